The number of rotatable bonds is 7. The molecule has 0 N–H and O–H groups in total. The first-order valence-electron chi connectivity index (χ1n) is 8.62. The quantitative estimate of drug-likeness (QED) is 0.637. The lowest BCUT2D eigenvalue weighted by Gasteiger charge is -2.24. The molecule has 6 nitrogen and oxygen atoms in total. The van der Waals surface area contributed by atoms with E-state index in [1.807, 2.05) is 6.07 Å². The number of benzene rings is 1. The zero-order valence-corrected chi connectivity index (χ0v) is 16.0. The van der Waals surface area contributed by atoms with E-state index in [1.54, 1.807) is 35.0 Å². The molecule has 2 aromatic heterocycles. The molecule has 0 bridgehead atoms. The van der Waals surface area contributed by atoms with Gasteiger partial charge in [0.1, 0.15) is 17.0 Å². The summed E-state index contributed by atoms with van der Waals surface area (Å²) in [5.74, 6) is -0.557. The maximum Gasteiger partial charge on any atom is 0.278 e. The van der Waals surface area contributed by atoms with Gasteiger partial charge in [0, 0.05) is 26.3 Å². The molecule has 0 saturated heterocycles. The topological polar surface area (TPSA) is 54.3 Å². The van der Waals surface area contributed by atoms with Gasteiger partial charge in [-0.25, -0.2) is 9.37 Å². The van der Waals surface area contributed by atoms with E-state index in [9.17, 15) is 9.18 Å². The summed E-state index contributed by atoms with van der Waals surface area (Å²) in [7, 11) is 1.73. The molecule has 26 heavy (non-hydrogen) atoms. The molecule has 0 aliphatic heterocycles. The summed E-state index contributed by atoms with van der Waals surface area (Å²) < 4.78 is 16.3. The molecule has 8 heteroatoms. The zero-order chi connectivity index (χ0) is 18.7. The molecule has 0 spiro atoms. The number of likely N-dealkylation sites (N-methyl/N-ethyl adjacent to an activating group) is 1. The van der Waals surface area contributed by atoms with Crippen molar-refractivity contribution in [1.29, 1.82) is 0 Å². The molecule has 3 rings (SSSR count). The average Bonchev–Trinajstić information content (AvgIpc) is 3.25. The van der Waals surface area contributed by atoms with E-state index in [1.165, 1.54) is 17.4 Å². The summed E-state index contributed by atoms with van der Waals surface area (Å²) in [5.41, 5.74) is 0.780. The zero-order valence-electron chi connectivity index (χ0n) is 15.1. The molecule has 2 heterocycles. The van der Waals surface area contributed by atoms with Gasteiger partial charge in [-0.1, -0.05) is 31.3 Å². The van der Waals surface area contributed by atoms with E-state index in [0.29, 0.717) is 22.9 Å². The minimum atomic E-state index is -0.373. The van der Waals surface area contributed by atoms with Crippen LogP contribution in [-0.2, 0) is 7.05 Å². The van der Waals surface area contributed by atoms with Crippen LogP contribution in [0.5, 0.6) is 0 Å². The highest BCUT2D eigenvalue weighted by Crippen LogP contribution is 2.31. The van der Waals surface area contributed by atoms with Crippen LogP contribution < -0.4 is 4.90 Å². The number of carbonyl (C=O) groups is 1. The number of fused-ring (bicyclic) bond motifs is 1. The van der Waals surface area contributed by atoms with Crippen LogP contribution >= 0.6 is 11.3 Å². The van der Waals surface area contributed by atoms with Crippen molar-refractivity contribution in [3.8, 4) is 0 Å². The molecule has 1 aromatic carbocycles. The molecule has 0 radical (unpaired) electrons. The monoisotopic (exact) mass is 375 g/mol. The lowest BCUT2D eigenvalue weighted by molar-refractivity contribution is 0.0974. The highest BCUT2D eigenvalue weighted by molar-refractivity contribution is 7.22. The molecular weight excluding hydrogens is 353 g/mol. The predicted molar refractivity (Wildman–Crippen MR) is 102 cm³/mol. The van der Waals surface area contributed by atoms with Crippen LogP contribution in [0.4, 0.5) is 9.52 Å². The van der Waals surface area contributed by atoms with E-state index in [4.69, 9.17) is 0 Å². The summed E-state index contributed by atoms with van der Waals surface area (Å²) in [6.07, 6.45) is 1.59. The summed E-state index contributed by atoms with van der Waals surface area (Å²) in [4.78, 5) is 21.4. The number of hydrogen-bond donors (Lipinski definition) is 0. The SMILES string of the molecule is CCN(CC)CCN(C(=O)c1ccnn1C)c1nc2c(F)cccc2s1. The van der Waals surface area contributed by atoms with Crippen LogP contribution in [-0.4, -0.2) is 51.8 Å². The van der Waals surface area contributed by atoms with Crippen LogP contribution in [0.15, 0.2) is 30.5 Å². The van der Waals surface area contributed by atoms with E-state index in [0.717, 1.165) is 24.3 Å². The highest BCUT2D eigenvalue weighted by atomic mass is 32.1. The molecule has 3 aromatic rings. The number of aryl methyl sites for hydroxylation is 1. The summed E-state index contributed by atoms with van der Waals surface area (Å²) >= 11 is 1.32. The number of hydrogen-bond acceptors (Lipinski definition) is 5. The van der Waals surface area contributed by atoms with Gasteiger partial charge in [0.25, 0.3) is 5.91 Å². The molecular formula is C18H22FN5OS. The second-order valence-corrected chi connectivity index (χ2v) is 6.92. The second kappa shape index (κ2) is 7.92. The molecule has 0 unspecified atom stereocenters. The van der Waals surface area contributed by atoms with Gasteiger partial charge in [-0.3, -0.25) is 14.4 Å². The van der Waals surface area contributed by atoms with Crippen molar-refractivity contribution in [1.82, 2.24) is 19.7 Å². The van der Waals surface area contributed by atoms with Gasteiger partial charge in [0.05, 0.1) is 4.70 Å². The molecule has 0 fully saturated rings. The first kappa shape index (κ1) is 18.5. The number of para-hydroxylation sites is 1. The van der Waals surface area contributed by atoms with Gasteiger partial charge in [-0.05, 0) is 31.3 Å². The van der Waals surface area contributed by atoms with E-state index < -0.39 is 0 Å². The van der Waals surface area contributed by atoms with Gasteiger partial charge >= 0.3 is 0 Å². The van der Waals surface area contributed by atoms with Crippen LogP contribution in [0.1, 0.15) is 24.3 Å². The average molecular weight is 375 g/mol. The van der Waals surface area contributed by atoms with Gasteiger partial charge in [-0.2, -0.15) is 5.10 Å². The van der Waals surface area contributed by atoms with E-state index in [2.05, 4.69) is 28.8 Å². The summed E-state index contributed by atoms with van der Waals surface area (Å²) in [6, 6.07) is 6.54. The maximum atomic E-state index is 14.0. The Hall–Kier alpha value is -2.32. The third-order valence-electron chi connectivity index (χ3n) is 4.41. The fourth-order valence-corrected chi connectivity index (χ4v) is 3.81. The number of nitrogens with zero attached hydrogens (tertiary/aromatic N) is 5. The number of carbonyl (C=O) groups excluding carboxylic acids is 1. The Morgan fingerprint density at radius 3 is 2.62 bits per heavy atom. The number of anilines is 1. The smallest absolute Gasteiger partial charge is 0.278 e. The van der Waals surface area contributed by atoms with Gasteiger partial charge in [0.2, 0.25) is 0 Å². The fourth-order valence-electron chi connectivity index (χ4n) is 2.81. The normalized spacial score (nSPS) is 11.4. The second-order valence-electron chi connectivity index (χ2n) is 5.91. The van der Waals surface area contributed by atoms with Crippen LogP contribution in [0, 0.1) is 5.82 Å². The number of thiazole rings is 1. The predicted octanol–water partition coefficient (Wildman–Crippen LogP) is 3.16. The van der Waals surface area contributed by atoms with Crippen molar-refractivity contribution in [3.05, 3.63) is 42.0 Å². The van der Waals surface area contributed by atoms with Crippen LogP contribution in [0.2, 0.25) is 0 Å². The third kappa shape index (κ3) is 3.61. The number of halogens is 1. The van der Waals surface area contributed by atoms with Crippen LogP contribution in [0.3, 0.4) is 0 Å². The molecule has 1 amide bonds. The van der Waals surface area contributed by atoms with E-state index in [-0.39, 0.29) is 11.7 Å². The Kier molecular flexibility index (Phi) is 5.63. The van der Waals surface area contributed by atoms with Crippen molar-refractivity contribution in [2.45, 2.75) is 13.8 Å². The maximum absolute atomic E-state index is 14.0. The first-order chi connectivity index (χ1) is 12.5. The molecule has 0 aliphatic rings. The van der Waals surface area contributed by atoms with Crippen molar-refractivity contribution in [2.75, 3.05) is 31.1 Å². The fraction of sp³-hybridized carbons (Fsp3) is 0.389. The van der Waals surface area contributed by atoms with Crippen molar-refractivity contribution in [3.63, 3.8) is 0 Å². The molecule has 0 saturated carbocycles. The van der Waals surface area contributed by atoms with Gasteiger partial charge in [0.15, 0.2) is 5.13 Å². The van der Waals surface area contributed by atoms with Gasteiger partial charge < -0.3 is 4.90 Å². The standard InChI is InChI=1S/C18H22FN5OS/c1-4-23(5-2)11-12-24(17(25)14-9-10-20-22(14)3)18-21-16-13(19)7-6-8-15(16)26-18/h6-10H,4-5,11-12H2,1-3H3. The number of amides is 1. The molecule has 138 valence electrons. The largest absolute Gasteiger partial charge is 0.302 e. The Morgan fingerprint density at radius 1 is 1.23 bits per heavy atom. The Labute approximate surface area is 155 Å². The Balaban J connectivity index is 1.97. The summed E-state index contributed by atoms with van der Waals surface area (Å²) in [5, 5.41) is 4.58. The van der Waals surface area contributed by atoms with E-state index >= 15 is 0 Å². The minimum Gasteiger partial charge on any atom is -0.302 e. The lowest BCUT2D eigenvalue weighted by atomic mass is 10.3. The molecule has 0 aliphatic carbocycles. The summed E-state index contributed by atoms with van der Waals surface area (Å²) in [6.45, 7) is 7.17. The number of aromatic nitrogens is 3. The highest BCUT2D eigenvalue weighted by Gasteiger charge is 2.24. The minimum absolute atomic E-state index is 0.184. The Bertz CT molecular complexity index is 902. The van der Waals surface area contributed by atoms with Gasteiger partial charge in [-0.15, -0.1) is 0 Å². The Morgan fingerprint density at radius 2 is 2.00 bits per heavy atom. The third-order valence-corrected chi connectivity index (χ3v) is 5.45. The van der Waals surface area contributed by atoms with Crippen molar-refractivity contribution < 1.29 is 9.18 Å². The lowest BCUT2D eigenvalue weighted by Crippen LogP contribution is -2.39. The van der Waals surface area contributed by atoms with Crippen molar-refractivity contribution >= 4 is 32.6 Å². The first-order valence-corrected chi connectivity index (χ1v) is 9.44. The molecule has 0 atom stereocenters. The van der Waals surface area contributed by atoms with Crippen molar-refractivity contribution in [2.24, 2.45) is 7.05 Å². The van der Waals surface area contributed by atoms with Crippen LogP contribution in [0.25, 0.3) is 10.2 Å².